The maximum absolute atomic E-state index is 6.96. The van der Waals surface area contributed by atoms with Gasteiger partial charge in [0, 0.05) is 53.0 Å². The SMILES string of the molecule is c1ccc(-c2cccc3c2oc2c(N(c4ccc5oc6ccccc6c5c4)c4cccc5sc6ccccc6c45)cccc23)cc1. The second-order valence-corrected chi connectivity index (χ2v) is 12.8. The van der Waals surface area contributed by atoms with Crippen molar-refractivity contribution in [3.63, 3.8) is 0 Å². The lowest BCUT2D eigenvalue weighted by molar-refractivity contribution is 0.669. The number of hydrogen-bond acceptors (Lipinski definition) is 4. The van der Waals surface area contributed by atoms with E-state index in [4.69, 9.17) is 8.83 Å². The van der Waals surface area contributed by atoms with Gasteiger partial charge in [0.15, 0.2) is 5.58 Å². The van der Waals surface area contributed by atoms with Gasteiger partial charge in [-0.2, -0.15) is 0 Å². The molecule has 10 rings (SSSR count). The molecule has 0 atom stereocenters. The van der Waals surface area contributed by atoms with E-state index >= 15 is 0 Å². The molecular formula is C42H25NO2S. The molecule has 0 saturated carbocycles. The zero-order valence-electron chi connectivity index (χ0n) is 24.6. The molecule has 3 aromatic heterocycles. The number of furan rings is 2. The lowest BCUT2D eigenvalue weighted by atomic mass is 10.0. The highest BCUT2D eigenvalue weighted by Gasteiger charge is 2.24. The van der Waals surface area contributed by atoms with Crippen LogP contribution in [0, 0.1) is 0 Å². The van der Waals surface area contributed by atoms with E-state index in [-0.39, 0.29) is 0 Å². The van der Waals surface area contributed by atoms with Crippen LogP contribution in [0.3, 0.4) is 0 Å². The van der Waals surface area contributed by atoms with Gasteiger partial charge in [0.1, 0.15) is 16.7 Å². The topological polar surface area (TPSA) is 29.5 Å². The number of hydrogen-bond donors (Lipinski definition) is 0. The highest BCUT2D eigenvalue weighted by Crippen LogP contribution is 2.49. The van der Waals surface area contributed by atoms with Gasteiger partial charge in [-0.1, -0.05) is 103 Å². The molecule has 0 saturated heterocycles. The predicted octanol–water partition coefficient (Wildman–Crippen LogP) is 13.0. The average molecular weight is 608 g/mol. The predicted molar refractivity (Wildman–Crippen MR) is 194 cm³/mol. The van der Waals surface area contributed by atoms with Gasteiger partial charge in [-0.25, -0.2) is 0 Å². The molecule has 0 unspecified atom stereocenters. The molecule has 0 aliphatic rings. The molecule has 3 heterocycles. The Balaban J connectivity index is 1.31. The zero-order chi connectivity index (χ0) is 30.2. The van der Waals surface area contributed by atoms with Gasteiger partial charge in [0.05, 0.1) is 11.4 Å². The van der Waals surface area contributed by atoms with Crippen molar-refractivity contribution in [1.82, 2.24) is 0 Å². The molecule has 10 aromatic rings. The van der Waals surface area contributed by atoms with Gasteiger partial charge in [-0.15, -0.1) is 11.3 Å². The van der Waals surface area contributed by atoms with Crippen LogP contribution in [0.15, 0.2) is 160 Å². The number of benzene rings is 7. The van der Waals surface area contributed by atoms with Crippen LogP contribution < -0.4 is 4.90 Å². The molecule has 0 radical (unpaired) electrons. The van der Waals surface area contributed by atoms with E-state index in [1.807, 2.05) is 29.5 Å². The van der Waals surface area contributed by atoms with Gasteiger partial charge < -0.3 is 13.7 Å². The van der Waals surface area contributed by atoms with Gasteiger partial charge in [-0.3, -0.25) is 0 Å². The maximum atomic E-state index is 6.96. The van der Waals surface area contributed by atoms with E-state index in [1.54, 1.807) is 0 Å². The first-order chi connectivity index (χ1) is 22.8. The van der Waals surface area contributed by atoms with Crippen molar-refractivity contribution in [3.8, 4) is 11.1 Å². The number of thiophene rings is 1. The van der Waals surface area contributed by atoms with Gasteiger partial charge in [-0.05, 0) is 54.1 Å². The molecule has 7 aromatic carbocycles. The quantitative estimate of drug-likeness (QED) is 0.199. The molecule has 0 fully saturated rings. The fraction of sp³-hybridized carbons (Fsp3) is 0. The molecule has 0 bridgehead atoms. The molecular weight excluding hydrogens is 583 g/mol. The van der Waals surface area contributed by atoms with Crippen LogP contribution in [-0.4, -0.2) is 0 Å². The summed E-state index contributed by atoms with van der Waals surface area (Å²) in [5, 5.41) is 6.87. The molecule has 0 aliphatic carbocycles. The van der Waals surface area contributed by atoms with Crippen LogP contribution in [0.2, 0.25) is 0 Å². The van der Waals surface area contributed by atoms with Crippen LogP contribution in [0.4, 0.5) is 17.1 Å². The van der Waals surface area contributed by atoms with Crippen molar-refractivity contribution in [2.24, 2.45) is 0 Å². The second-order valence-electron chi connectivity index (χ2n) is 11.7. The average Bonchev–Trinajstić information content (AvgIpc) is 3.80. The second kappa shape index (κ2) is 9.83. The van der Waals surface area contributed by atoms with Crippen molar-refractivity contribution >= 4 is 92.4 Å². The molecule has 0 N–H and O–H groups in total. The van der Waals surface area contributed by atoms with E-state index in [0.29, 0.717) is 0 Å². The number of anilines is 3. The number of fused-ring (bicyclic) bond motifs is 9. The van der Waals surface area contributed by atoms with Crippen LogP contribution in [0.25, 0.3) is 75.2 Å². The number of nitrogens with zero attached hydrogens (tertiary/aromatic N) is 1. The molecule has 46 heavy (non-hydrogen) atoms. The highest BCUT2D eigenvalue weighted by molar-refractivity contribution is 7.26. The van der Waals surface area contributed by atoms with Crippen LogP contribution in [0.5, 0.6) is 0 Å². The minimum atomic E-state index is 0.856. The summed E-state index contributed by atoms with van der Waals surface area (Å²) in [6.45, 7) is 0. The van der Waals surface area contributed by atoms with Crippen LogP contribution >= 0.6 is 11.3 Å². The minimum absolute atomic E-state index is 0.856. The molecule has 0 amide bonds. The monoisotopic (exact) mass is 607 g/mol. The van der Waals surface area contributed by atoms with E-state index in [0.717, 1.165) is 72.1 Å². The van der Waals surface area contributed by atoms with E-state index < -0.39 is 0 Å². The summed E-state index contributed by atoms with van der Waals surface area (Å²) >= 11 is 1.83. The van der Waals surface area contributed by atoms with Crippen molar-refractivity contribution in [3.05, 3.63) is 152 Å². The van der Waals surface area contributed by atoms with Gasteiger partial charge in [0.2, 0.25) is 0 Å². The zero-order valence-corrected chi connectivity index (χ0v) is 25.4. The maximum Gasteiger partial charge on any atom is 0.159 e. The minimum Gasteiger partial charge on any atom is -0.456 e. The lowest BCUT2D eigenvalue weighted by Gasteiger charge is -2.26. The molecule has 4 heteroatoms. The first kappa shape index (κ1) is 25.5. The summed E-state index contributed by atoms with van der Waals surface area (Å²) in [7, 11) is 0. The van der Waals surface area contributed by atoms with E-state index in [9.17, 15) is 0 Å². The standard InChI is InChI=1S/C42H25NO2S/c1-2-11-26(12-3-1)28-15-8-16-30-31-17-9-19-35(42(31)45-41(28)30)43(27-23-24-37-33(25-27)29-13-4-6-20-36(29)44-37)34-18-10-22-39-40(34)32-14-5-7-21-38(32)46-39/h1-25H. The normalized spacial score (nSPS) is 11.9. The molecule has 216 valence electrons. The van der Waals surface area contributed by atoms with Crippen molar-refractivity contribution in [1.29, 1.82) is 0 Å². The Bertz CT molecular complexity index is 2770. The highest BCUT2D eigenvalue weighted by atomic mass is 32.1. The third kappa shape index (κ3) is 3.71. The van der Waals surface area contributed by atoms with Gasteiger partial charge >= 0.3 is 0 Å². The number of rotatable bonds is 4. The molecule has 0 aliphatic heterocycles. The summed E-state index contributed by atoms with van der Waals surface area (Å²) in [4.78, 5) is 2.37. The first-order valence-corrected chi connectivity index (χ1v) is 16.2. The van der Waals surface area contributed by atoms with E-state index in [1.165, 1.54) is 20.2 Å². The summed E-state index contributed by atoms with van der Waals surface area (Å²) in [6.07, 6.45) is 0. The Morgan fingerprint density at radius 1 is 0.435 bits per heavy atom. The third-order valence-electron chi connectivity index (χ3n) is 9.07. The summed E-state index contributed by atoms with van der Waals surface area (Å²) in [5.41, 5.74) is 8.88. The van der Waals surface area contributed by atoms with E-state index in [2.05, 4.69) is 138 Å². The third-order valence-corrected chi connectivity index (χ3v) is 10.2. The molecule has 0 spiro atoms. The van der Waals surface area contributed by atoms with Crippen LogP contribution in [-0.2, 0) is 0 Å². The Kier molecular flexibility index (Phi) is 5.45. The van der Waals surface area contributed by atoms with Gasteiger partial charge in [0.25, 0.3) is 0 Å². The Labute approximate surface area is 268 Å². The summed E-state index contributed by atoms with van der Waals surface area (Å²) in [5.74, 6) is 0. The largest absolute Gasteiger partial charge is 0.456 e. The molecule has 3 nitrogen and oxygen atoms in total. The van der Waals surface area contributed by atoms with Crippen LogP contribution in [0.1, 0.15) is 0 Å². The fourth-order valence-corrected chi connectivity index (χ4v) is 8.16. The van der Waals surface area contributed by atoms with Crippen molar-refractivity contribution in [2.75, 3.05) is 4.90 Å². The first-order valence-electron chi connectivity index (χ1n) is 15.4. The Morgan fingerprint density at radius 3 is 2.02 bits per heavy atom. The summed E-state index contributed by atoms with van der Waals surface area (Å²) in [6, 6.07) is 53.5. The number of para-hydroxylation sites is 3. The van der Waals surface area contributed by atoms with Crippen molar-refractivity contribution < 1.29 is 8.83 Å². The lowest BCUT2D eigenvalue weighted by Crippen LogP contribution is -2.10. The smallest absolute Gasteiger partial charge is 0.159 e. The Hall–Kier alpha value is -5.84. The van der Waals surface area contributed by atoms with Crippen molar-refractivity contribution in [2.45, 2.75) is 0 Å². The fourth-order valence-electron chi connectivity index (χ4n) is 7.03. The summed E-state index contributed by atoms with van der Waals surface area (Å²) < 4.78 is 15.7. The Morgan fingerprint density at radius 2 is 1.11 bits per heavy atom.